The molecule has 1 nitrogen and oxygen atoms in total. The van der Waals surface area contributed by atoms with Gasteiger partial charge in [-0.2, -0.15) is 0 Å². The van der Waals surface area contributed by atoms with E-state index in [-0.39, 0.29) is 14.9 Å². The van der Waals surface area contributed by atoms with Gasteiger partial charge in [0.15, 0.2) is 5.78 Å². The van der Waals surface area contributed by atoms with Crippen molar-refractivity contribution < 1.29 is 4.79 Å². The third-order valence-corrected chi connectivity index (χ3v) is 1.77. The van der Waals surface area contributed by atoms with Crippen LogP contribution in [0.1, 0.15) is 20.8 Å². The van der Waals surface area contributed by atoms with Crippen molar-refractivity contribution in [3.8, 4) is 0 Å². The first-order chi connectivity index (χ1) is 3.85. The fourth-order valence-electron chi connectivity index (χ4n) is 0.327. The second kappa shape index (κ2) is 3.15. The molecular formula is C6H10Br2O. The second-order valence-corrected chi connectivity index (χ2v) is 5.98. The maximum atomic E-state index is 11.1. The van der Waals surface area contributed by atoms with E-state index >= 15 is 0 Å². The predicted molar refractivity (Wildman–Crippen MR) is 46.1 cm³/mol. The molecule has 3 heteroatoms. The molecule has 0 aromatic carbocycles. The number of carbonyl (C=O) groups is 1. The normalized spacial score (nSPS) is 12.2. The molecule has 0 rings (SSSR count). The monoisotopic (exact) mass is 256 g/mol. The van der Waals surface area contributed by atoms with Gasteiger partial charge < -0.3 is 0 Å². The van der Waals surface area contributed by atoms with E-state index in [2.05, 4.69) is 31.9 Å². The largest absolute Gasteiger partial charge is 0.297 e. The van der Waals surface area contributed by atoms with Gasteiger partial charge in [0.1, 0.15) is 3.74 Å². The Bertz CT molecular complexity index is 113. The molecule has 0 unspecified atom stereocenters. The molecule has 0 aliphatic carbocycles. The van der Waals surface area contributed by atoms with Crippen LogP contribution in [0.25, 0.3) is 0 Å². The Morgan fingerprint density at radius 2 is 1.67 bits per heavy atom. The summed E-state index contributed by atoms with van der Waals surface area (Å²) < 4.78 is -0.204. The van der Waals surface area contributed by atoms with E-state index in [1.165, 1.54) is 0 Å². The summed E-state index contributed by atoms with van der Waals surface area (Å²) in [6.07, 6.45) is 0. The van der Waals surface area contributed by atoms with E-state index in [9.17, 15) is 4.79 Å². The first kappa shape index (κ1) is 9.63. The van der Waals surface area contributed by atoms with Crippen LogP contribution in [0, 0.1) is 5.41 Å². The Labute approximate surface area is 72.5 Å². The van der Waals surface area contributed by atoms with Gasteiger partial charge >= 0.3 is 0 Å². The Hall–Kier alpha value is 0.630. The molecule has 0 aromatic rings. The number of rotatable bonds is 1. The summed E-state index contributed by atoms with van der Waals surface area (Å²) >= 11 is 6.29. The molecule has 0 aliphatic heterocycles. The molecule has 0 aromatic heterocycles. The van der Waals surface area contributed by atoms with Crippen molar-refractivity contribution in [3.05, 3.63) is 0 Å². The van der Waals surface area contributed by atoms with Crippen LogP contribution in [-0.4, -0.2) is 9.52 Å². The number of alkyl halides is 2. The average molecular weight is 258 g/mol. The van der Waals surface area contributed by atoms with E-state index in [4.69, 9.17) is 0 Å². The lowest BCUT2D eigenvalue weighted by molar-refractivity contribution is -0.124. The first-order valence-corrected chi connectivity index (χ1v) is 4.51. The van der Waals surface area contributed by atoms with E-state index in [1.807, 2.05) is 20.8 Å². The van der Waals surface area contributed by atoms with Crippen molar-refractivity contribution in [2.75, 3.05) is 0 Å². The molecule has 0 saturated heterocycles. The van der Waals surface area contributed by atoms with Gasteiger partial charge in [-0.25, -0.2) is 0 Å². The Balaban J connectivity index is 4.06. The van der Waals surface area contributed by atoms with Gasteiger partial charge in [-0.05, 0) is 0 Å². The summed E-state index contributed by atoms with van der Waals surface area (Å²) in [6, 6.07) is 0. The number of carbonyl (C=O) groups excluding carboxylic acids is 1. The van der Waals surface area contributed by atoms with Gasteiger partial charge in [0.2, 0.25) is 0 Å². The standard InChI is InChI=1S/C6H10Br2O/c1-6(2,3)4(9)5(7)8/h5H,1-3H3. The number of hydrogen-bond acceptors (Lipinski definition) is 1. The Morgan fingerprint density at radius 1 is 1.33 bits per heavy atom. The van der Waals surface area contributed by atoms with Crippen LogP contribution >= 0.6 is 31.9 Å². The summed E-state index contributed by atoms with van der Waals surface area (Å²) in [4.78, 5) is 11.1. The highest BCUT2D eigenvalue weighted by atomic mass is 79.9. The van der Waals surface area contributed by atoms with Gasteiger partial charge in [0.25, 0.3) is 0 Å². The highest BCUT2D eigenvalue weighted by Crippen LogP contribution is 2.23. The molecule has 0 N–H and O–H groups in total. The number of hydrogen-bond donors (Lipinski definition) is 0. The molecule has 0 spiro atoms. The minimum atomic E-state index is -0.252. The van der Waals surface area contributed by atoms with E-state index in [1.54, 1.807) is 0 Å². The van der Waals surface area contributed by atoms with Gasteiger partial charge in [-0.1, -0.05) is 52.6 Å². The maximum absolute atomic E-state index is 11.1. The summed E-state index contributed by atoms with van der Waals surface area (Å²) in [6.45, 7) is 5.68. The molecular weight excluding hydrogens is 248 g/mol. The topological polar surface area (TPSA) is 17.1 Å². The molecule has 0 amide bonds. The molecule has 0 bridgehead atoms. The second-order valence-electron chi connectivity index (χ2n) is 2.91. The van der Waals surface area contributed by atoms with E-state index < -0.39 is 0 Å². The lowest BCUT2D eigenvalue weighted by atomic mass is 9.92. The number of Topliss-reactive ketones (excluding diaryl/α,β-unsaturated/α-hetero) is 1. The van der Waals surface area contributed by atoms with Crippen molar-refractivity contribution in [1.29, 1.82) is 0 Å². The molecule has 54 valence electrons. The minimum absolute atomic E-state index is 0.169. The molecule has 0 radical (unpaired) electrons. The molecule has 9 heavy (non-hydrogen) atoms. The van der Waals surface area contributed by atoms with Crippen LogP contribution in [0.4, 0.5) is 0 Å². The average Bonchev–Trinajstić information content (AvgIpc) is 1.62. The van der Waals surface area contributed by atoms with Gasteiger partial charge in [-0.3, -0.25) is 4.79 Å². The molecule has 0 saturated carbocycles. The summed E-state index contributed by atoms with van der Waals surface area (Å²) in [5.74, 6) is 0.169. The van der Waals surface area contributed by atoms with E-state index in [0.717, 1.165) is 0 Å². The van der Waals surface area contributed by atoms with Gasteiger partial charge in [-0.15, -0.1) is 0 Å². The van der Waals surface area contributed by atoms with Crippen molar-refractivity contribution in [2.24, 2.45) is 5.41 Å². The van der Waals surface area contributed by atoms with Crippen LogP contribution in [-0.2, 0) is 4.79 Å². The molecule has 0 heterocycles. The van der Waals surface area contributed by atoms with E-state index in [0.29, 0.717) is 0 Å². The Morgan fingerprint density at radius 3 is 1.67 bits per heavy atom. The lowest BCUT2D eigenvalue weighted by Crippen LogP contribution is -2.24. The zero-order valence-electron chi connectivity index (χ0n) is 5.74. The zero-order valence-corrected chi connectivity index (χ0v) is 8.91. The third-order valence-electron chi connectivity index (χ3n) is 0.937. The maximum Gasteiger partial charge on any atom is 0.162 e. The van der Waals surface area contributed by atoms with Gasteiger partial charge in [0, 0.05) is 5.41 Å². The number of halogens is 2. The summed E-state index contributed by atoms with van der Waals surface area (Å²) in [5, 5.41) is 0. The van der Waals surface area contributed by atoms with Crippen molar-refractivity contribution in [2.45, 2.75) is 24.5 Å². The molecule has 0 atom stereocenters. The SMILES string of the molecule is CC(C)(C)C(=O)C(Br)Br. The van der Waals surface area contributed by atoms with Crippen LogP contribution in [0.2, 0.25) is 0 Å². The molecule has 0 fully saturated rings. The predicted octanol–water partition coefficient (Wildman–Crippen LogP) is 2.72. The lowest BCUT2D eigenvalue weighted by Gasteiger charge is -2.16. The van der Waals surface area contributed by atoms with Gasteiger partial charge in [0.05, 0.1) is 0 Å². The first-order valence-electron chi connectivity index (χ1n) is 2.68. The van der Waals surface area contributed by atoms with Crippen LogP contribution in [0.3, 0.4) is 0 Å². The van der Waals surface area contributed by atoms with Crippen LogP contribution in [0.15, 0.2) is 0 Å². The highest BCUT2D eigenvalue weighted by molar-refractivity contribution is 9.25. The van der Waals surface area contributed by atoms with Crippen molar-refractivity contribution in [3.63, 3.8) is 0 Å². The number of ketones is 1. The zero-order chi connectivity index (χ0) is 7.65. The van der Waals surface area contributed by atoms with Crippen LogP contribution < -0.4 is 0 Å². The summed E-state index contributed by atoms with van der Waals surface area (Å²) in [5.41, 5.74) is -0.252. The third kappa shape index (κ3) is 3.36. The molecule has 0 aliphatic rings. The fraction of sp³-hybridized carbons (Fsp3) is 0.833. The minimum Gasteiger partial charge on any atom is -0.297 e. The summed E-state index contributed by atoms with van der Waals surface area (Å²) in [7, 11) is 0. The van der Waals surface area contributed by atoms with Crippen LogP contribution in [0.5, 0.6) is 0 Å². The Kier molecular flexibility index (Phi) is 3.37. The van der Waals surface area contributed by atoms with Crippen molar-refractivity contribution >= 4 is 37.6 Å². The highest BCUT2D eigenvalue weighted by Gasteiger charge is 2.25. The van der Waals surface area contributed by atoms with Crippen molar-refractivity contribution in [1.82, 2.24) is 0 Å². The quantitative estimate of drug-likeness (QED) is 0.661. The smallest absolute Gasteiger partial charge is 0.162 e. The fourth-order valence-corrected chi connectivity index (χ4v) is 1.70.